The van der Waals surface area contributed by atoms with Crippen LogP contribution < -0.4 is 4.74 Å². The van der Waals surface area contributed by atoms with Crippen molar-refractivity contribution in [2.75, 3.05) is 19.7 Å². The van der Waals surface area contributed by atoms with Gasteiger partial charge >= 0.3 is 6.18 Å². The molecule has 0 aromatic carbocycles. The molecule has 4 rings (SSSR count). The maximum atomic E-state index is 12.4. The Morgan fingerprint density at radius 3 is 2.70 bits per heavy atom. The zero-order valence-electron chi connectivity index (χ0n) is 18.9. The molecule has 33 heavy (non-hydrogen) atoms. The number of fused-ring (bicyclic) bond motifs is 1. The fourth-order valence-corrected chi connectivity index (χ4v) is 5.81. The third kappa shape index (κ3) is 7.27. The molecule has 1 fully saturated rings. The van der Waals surface area contributed by atoms with Crippen molar-refractivity contribution < 1.29 is 22.7 Å². The van der Waals surface area contributed by atoms with Crippen LogP contribution in [0, 0.1) is 11.8 Å². The van der Waals surface area contributed by atoms with Gasteiger partial charge in [-0.05, 0) is 49.6 Å². The Hall–Kier alpha value is -1.94. The molecule has 0 spiro atoms. The number of hydrogen-bond donors (Lipinski definition) is 0. The van der Waals surface area contributed by atoms with Crippen LogP contribution >= 0.6 is 11.3 Å². The summed E-state index contributed by atoms with van der Waals surface area (Å²) in [6.45, 7) is 1.28. The molecule has 0 unspecified atom stereocenters. The van der Waals surface area contributed by atoms with Gasteiger partial charge in [0, 0.05) is 44.1 Å². The number of carbonyl (C=O) groups excluding carboxylic acids is 1. The molecule has 182 valence electrons. The number of ether oxygens (including phenoxy) is 1. The second kappa shape index (κ2) is 10.5. The van der Waals surface area contributed by atoms with Crippen LogP contribution in [0.4, 0.5) is 13.2 Å². The van der Waals surface area contributed by atoms with Gasteiger partial charge in [0.2, 0.25) is 0 Å². The number of carbonyl (C=O) groups is 1. The van der Waals surface area contributed by atoms with Crippen LogP contribution in [0.25, 0.3) is 0 Å². The number of aryl methyl sites for hydroxylation is 1. The number of ketones is 1. The molecule has 1 saturated carbocycles. The molecule has 1 aliphatic heterocycles. The van der Waals surface area contributed by atoms with Gasteiger partial charge in [-0.25, -0.2) is 4.98 Å². The SMILES string of the molecule is Cn1cc(CC(=O)CC2CCC(CCN3CCc4sc(OCC(F)(F)F)nc4C3)CC2)cn1. The average Bonchev–Trinajstić information content (AvgIpc) is 3.36. The normalized spacial score (nSPS) is 21.7. The first-order valence-corrected chi connectivity index (χ1v) is 12.4. The molecule has 0 saturated heterocycles. The highest BCUT2D eigenvalue weighted by molar-refractivity contribution is 7.13. The van der Waals surface area contributed by atoms with Gasteiger partial charge in [-0.1, -0.05) is 24.2 Å². The number of thiazole rings is 1. The molecule has 0 bridgehead atoms. The number of alkyl halides is 3. The average molecular weight is 485 g/mol. The smallest absolute Gasteiger partial charge is 0.422 e. The minimum atomic E-state index is -4.34. The van der Waals surface area contributed by atoms with E-state index in [9.17, 15) is 18.0 Å². The van der Waals surface area contributed by atoms with Crippen LogP contribution in [-0.4, -0.2) is 51.3 Å². The number of rotatable bonds is 9. The van der Waals surface area contributed by atoms with Crippen LogP contribution in [0.2, 0.25) is 0 Å². The monoisotopic (exact) mass is 484 g/mol. The van der Waals surface area contributed by atoms with E-state index in [4.69, 9.17) is 4.74 Å². The summed E-state index contributed by atoms with van der Waals surface area (Å²) in [5.41, 5.74) is 1.85. The molecule has 0 N–H and O–H groups in total. The van der Waals surface area contributed by atoms with E-state index in [1.807, 2.05) is 13.2 Å². The molecule has 3 heterocycles. The fourth-order valence-electron chi connectivity index (χ4n) is 4.90. The molecule has 2 aromatic rings. The van der Waals surface area contributed by atoms with Gasteiger partial charge < -0.3 is 4.74 Å². The Bertz CT molecular complexity index is 935. The summed E-state index contributed by atoms with van der Waals surface area (Å²) >= 11 is 1.24. The molecule has 2 aromatic heterocycles. The number of nitrogens with zero attached hydrogens (tertiary/aromatic N) is 4. The first-order valence-electron chi connectivity index (χ1n) is 11.6. The van der Waals surface area contributed by atoms with Crippen molar-refractivity contribution in [3.63, 3.8) is 0 Å². The van der Waals surface area contributed by atoms with E-state index in [0.717, 1.165) is 67.7 Å². The van der Waals surface area contributed by atoms with Crippen LogP contribution in [0.3, 0.4) is 0 Å². The second-order valence-electron chi connectivity index (χ2n) is 9.40. The van der Waals surface area contributed by atoms with E-state index in [-0.39, 0.29) is 5.19 Å². The predicted octanol–water partition coefficient (Wildman–Crippen LogP) is 4.57. The molecular weight excluding hydrogens is 453 g/mol. The lowest BCUT2D eigenvalue weighted by atomic mass is 9.78. The van der Waals surface area contributed by atoms with E-state index in [0.29, 0.717) is 37.0 Å². The standard InChI is InChI=1S/C23H31F3N4O2S/c1-29-13-18(12-27-29)11-19(31)10-17-4-2-16(3-5-17)6-8-30-9-7-21-20(14-30)28-22(33-21)32-15-23(24,25)26/h12-13,16-17H,2-11,14-15H2,1H3. The highest BCUT2D eigenvalue weighted by Crippen LogP contribution is 2.34. The van der Waals surface area contributed by atoms with E-state index in [1.165, 1.54) is 11.3 Å². The topological polar surface area (TPSA) is 60.2 Å². The third-order valence-electron chi connectivity index (χ3n) is 6.64. The number of halogens is 3. The third-order valence-corrected chi connectivity index (χ3v) is 7.71. The zero-order chi connectivity index (χ0) is 23.4. The summed E-state index contributed by atoms with van der Waals surface area (Å²) in [7, 11) is 1.86. The summed E-state index contributed by atoms with van der Waals surface area (Å²) in [4.78, 5) is 20.1. The molecule has 2 aliphatic rings. The van der Waals surface area contributed by atoms with E-state index in [1.54, 1.807) is 10.9 Å². The van der Waals surface area contributed by atoms with Gasteiger partial charge in [0.05, 0.1) is 11.9 Å². The van der Waals surface area contributed by atoms with Crippen molar-refractivity contribution in [3.05, 3.63) is 28.5 Å². The lowest BCUT2D eigenvalue weighted by molar-refractivity contribution is -0.153. The summed E-state index contributed by atoms with van der Waals surface area (Å²) in [5.74, 6) is 1.47. The quantitative estimate of drug-likeness (QED) is 0.522. The minimum Gasteiger partial charge on any atom is -0.460 e. The number of aromatic nitrogens is 3. The second-order valence-corrected chi connectivity index (χ2v) is 10.4. The first kappa shape index (κ1) is 24.2. The summed E-state index contributed by atoms with van der Waals surface area (Å²) in [5, 5.41) is 4.25. The van der Waals surface area contributed by atoms with Gasteiger partial charge in [-0.3, -0.25) is 14.4 Å². The van der Waals surface area contributed by atoms with E-state index >= 15 is 0 Å². The van der Waals surface area contributed by atoms with Crippen molar-refractivity contribution in [1.82, 2.24) is 19.7 Å². The van der Waals surface area contributed by atoms with Crippen LogP contribution in [0.5, 0.6) is 5.19 Å². The Morgan fingerprint density at radius 2 is 2.00 bits per heavy atom. The Kier molecular flexibility index (Phi) is 7.73. The molecular formula is C23H31F3N4O2S. The van der Waals surface area contributed by atoms with Gasteiger partial charge in [-0.15, -0.1) is 0 Å². The highest BCUT2D eigenvalue weighted by Gasteiger charge is 2.30. The Morgan fingerprint density at radius 1 is 1.24 bits per heavy atom. The lowest BCUT2D eigenvalue weighted by Gasteiger charge is -2.31. The van der Waals surface area contributed by atoms with Crippen molar-refractivity contribution in [3.8, 4) is 5.19 Å². The molecule has 0 atom stereocenters. The molecule has 10 heteroatoms. The Balaban J connectivity index is 1.15. The van der Waals surface area contributed by atoms with E-state index in [2.05, 4.69) is 15.0 Å². The van der Waals surface area contributed by atoms with Crippen molar-refractivity contribution in [2.45, 2.75) is 64.1 Å². The first-order chi connectivity index (χ1) is 15.7. The van der Waals surface area contributed by atoms with Crippen LogP contribution in [0.1, 0.15) is 54.7 Å². The number of Topliss-reactive ketones (excluding diaryl/α,β-unsaturated/α-hetero) is 1. The van der Waals surface area contributed by atoms with Gasteiger partial charge in [0.15, 0.2) is 6.61 Å². The zero-order valence-corrected chi connectivity index (χ0v) is 19.8. The molecule has 1 aliphatic carbocycles. The Labute approximate surface area is 196 Å². The maximum absolute atomic E-state index is 12.4. The molecule has 0 amide bonds. The van der Waals surface area contributed by atoms with Crippen molar-refractivity contribution in [2.24, 2.45) is 18.9 Å². The minimum absolute atomic E-state index is 0.121. The van der Waals surface area contributed by atoms with Crippen molar-refractivity contribution >= 4 is 17.1 Å². The largest absolute Gasteiger partial charge is 0.460 e. The summed E-state index contributed by atoms with van der Waals surface area (Å²) in [6, 6.07) is 0. The molecule has 6 nitrogen and oxygen atoms in total. The van der Waals surface area contributed by atoms with Crippen molar-refractivity contribution in [1.29, 1.82) is 0 Å². The van der Waals surface area contributed by atoms with Gasteiger partial charge in [0.25, 0.3) is 5.19 Å². The maximum Gasteiger partial charge on any atom is 0.422 e. The van der Waals surface area contributed by atoms with Gasteiger partial charge in [-0.2, -0.15) is 18.3 Å². The van der Waals surface area contributed by atoms with Crippen LogP contribution in [0.15, 0.2) is 12.4 Å². The molecule has 0 radical (unpaired) electrons. The summed E-state index contributed by atoms with van der Waals surface area (Å²) < 4.78 is 43.6. The lowest BCUT2D eigenvalue weighted by Crippen LogP contribution is -2.32. The van der Waals surface area contributed by atoms with E-state index < -0.39 is 12.8 Å². The predicted molar refractivity (Wildman–Crippen MR) is 119 cm³/mol. The highest BCUT2D eigenvalue weighted by atomic mass is 32.1. The fraction of sp³-hybridized carbons (Fsp3) is 0.696. The summed E-state index contributed by atoms with van der Waals surface area (Å²) in [6.07, 6.45) is 6.95. The number of hydrogen-bond acceptors (Lipinski definition) is 6. The van der Waals surface area contributed by atoms with Crippen LogP contribution in [-0.2, 0) is 31.2 Å². The van der Waals surface area contributed by atoms with Gasteiger partial charge in [0.1, 0.15) is 5.78 Å².